The van der Waals surface area contributed by atoms with Crippen LogP contribution in [0.15, 0.2) is 0 Å². The summed E-state index contributed by atoms with van der Waals surface area (Å²) in [5, 5.41) is 3.06. The Kier molecular flexibility index (Phi) is 4.75. The number of likely N-dealkylation sites (N-methyl/N-ethyl adjacent to an activating group) is 1. The zero-order valence-electron chi connectivity index (χ0n) is 9.25. The van der Waals surface area contributed by atoms with Crippen molar-refractivity contribution >= 4 is 17.7 Å². The van der Waals surface area contributed by atoms with Crippen LogP contribution >= 0.6 is 11.8 Å². The van der Waals surface area contributed by atoms with Gasteiger partial charge < -0.3 is 10.2 Å². The maximum Gasteiger partial charge on any atom is 0.240 e. The van der Waals surface area contributed by atoms with E-state index in [0.29, 0.717) is 6.04 Å². The molecule has 3 nitrogen and oxygen atoms in total. The van der Waals surface area contributed by atoms with Crippen molar-refractivity contribution in [3.63, 3.8) is 0 Å². The first-order valence-electron chi connectivity index (χ1n) is 5.26. The summed E-state index contributed by atoms with van der Waals surface area (Å²) in [6.45, 7) is 5.20. The Morgan fingerprint density at radius 3 is 2.93 bits per heavy atom. The Morgan fingerprint density at radius 2 is 2.43 bits per heavy atom. The van der Waals surface area contributed by atoms with E-state index in [1.807, 2.05) is 23.7 Å². The van der Waals surface area contributed by atoms with Gasteiger partial charge in [0, 0.05) is 18.3 Å². The van der Waals surface area contributed by atoms with Gasteiger partial charge in [0.2, 0.25) is 5.91 Å². The molecule has 0 aromatic rings. The van der Waals surface area contributed by atoms with Crippen LogP contribution < -0.4 is 5.32 Å². The van der Waals surface area contributed by atoms with E-state index in [-0.39, 0.29) is 11.9 Å². The highest BCUT2D eigenvalue weighted by molar-refractivity contribution is 7.99. The lowest BCUT2D eigenvalue weighted by Gasteiger charge is -2.24. The van der Waals surface area contributed by atoms with Crippen LogP contribution in [-0.4, -0.2) is 48.0 Å². The Bertz CT molecular complexity index is 199. The van der Waals surface area contributed by atoms with Crippen LogP contribution in [0.3, 0.4) is 0 Å². The molecule has 0 aromatic heterocycles. The van der Waals surface area contributed by atoms with Gasteiger partial charge in [-0.1, -0.05) is 6.92 Å². The van der Waals surface area contributed by atoms with Gasteiger partial charge in [0.05, 0.1) is 6.04 Å². The first kappa shape index (κ1) is 11.9. The first-order chi connectivity index (χ1) is 6.70. The normalized spacial score (nSPS) is 24.4. The molecule has 2 atom stereocenters. The lowest BCUT2D eigenvalue weighted by molar-refractivity contribution is -0.130. The molecule has 0 saturated carbocycles. The van der Waals surface area contributed by atoms with E-state index >= 15 is 0 Å². The minimum atomic E-state index is 0.0593. The summed E-state index contributed by atoms with van der Waals surface area (Å²) in [4.78, 5) is 13.8. The monoisotopic (exact) mass is 216 g/mol. The molecular weight excluding hydrogens is 196 g/mol. The van der Waals surface area contributed by atoms with Gasteiger partial charge >= 0.3 is 0 Å². The van der Waals surface area contributed by atoms with Crippen LogP contribution in [0.5, 0.6) is 0 Å². The van der Waals surface area contributed by atoms with Crippen molar-refractivity contribution in [3.8, 4) is 0 Å². The molecular formula is C10H20N2OS. The van der Waals surface area contributed by atoms with Crippen LogP contribution in [0, 0.1) is 0 Å². The first-order valence-corrected chi connectivity index (χ1v) is 6.41. The second-order valence-electron chi connectivity index (χ2n) is 3.67. The van der Waals surface area contributed by atoms with Crippen molar-refractivity contribution in [3.05, 3.63) is 0 Å². The molecule has 0 spiro atoms. The van der Waals surface area contributed by atoms with Gasteiger partial charge in [0.15, 0.2) is 0 Å². The molecule has 1 heterocycles. The Balaban J connectivity index is 2.41. The second kappa shape index (κ2) is 5.61. The minimum absolute atomic E-state index is 0.0593. The van der Waals surface area contributed by atoms with Crippen molar-refractivity contribution in [2.75, 3.05) is 25.1 Å². The molecule has 14 heavy (non-hydrogen) atoms. The number of hydrogen-bond donors (Lipinski definition) is 1. The molecule has 0 bridgehead atoms. The Labute approximate surface area is 90.6 Å². The standard InChI is InChI=1S/C10H20N2OS/c1-4-14-7-8(2)12-6-5-9(11-3)10(12)13/h8-9,11H,4-7H2,1-3H3. The topological polar surface area (TPSA) is 32.3 Å². The summed E-state index contributed by atoms with van der Waals surface area (Å²) >= 11 is 1.90. The summed E-state index contributed by atoms with van der Waals surface area (Å²) in [5.41, 5.74) is 0. The van der Waals surface area contributed by atoms with Gasteiger partial charge in [-0.2, -0.15) is 11.8 Å². The summed E-state index contributed by atoms with van der Waals surface area (Å²) in [6.07, 6.45) is 0.955. The number of nitrogens with one attached hydrogen (secondary N) is 1. The predicted molar refractivity (Wildman–Crippen MR) is 61.6 cm³/mol. The van der Waals surface area contributed by atoms with E-state index in [9.17, 15) is 4.79 Å². The van der Waals surface area contributed by atoms with E-state index in [0.717, 1.165) is 24.5 Å². The third-order valence-electron chi connectivity index (χ3n) is 2.68. The van der Waals surface area contributed by atoms with Crippen molar-refractivity contribution in [1.82, 2.24) is 10.2 Å². The molecule has 1 aliphatic rings. The highest BCUT2D eigenvalue weighted by Gasteiger charge is 2.32. The second-order valence-corrected chi connectivity index (χ2v) is 4.99. The fourth-order valence-corrected chi connectivity index (χ4v) is 2.54. The number of carbonyl (C=O) groups is 1. The third kappa shape index (κ3) is 2.64. The number of thioether (sulfide) groups is 1. The number of hydrogen-bond acceptors (Lipinski definition) is 3. The molecule has 1 fully saturated rings. The molecule has 0 aromatic carbocycles. The van der Waals surface area contributed by atoms with Crippen LogP contribution in [0.25, 0.3) is 0 Å². The predicted octanol–water partition coefficient (Wildman–Crippen LogP) is 0.948. The van der Waals surface area contributed by atoms with E-state index in [1.54, 1.807) is 0 Å². The van der Waals surface area contributed by atoms with Gasteiger partial charge in [-0.3, -0.25) is 4.79 Å². The SMILES string of the molecule is CCSCC(C)N1CCC(NC)C1=O. The average molecular weight is 216 g/mol. The fourth-order valence-electron chi connectivity index (χ4n) is 1.79. The maximum atomic E-state index is 11.8. The highest BCUT2D eigenvalue weighted by Crippen LogP contribution is 2.16. The van der Waals surface area contributed by atoms with Gasteiger partial charge in [-0.05, 0) is 26.1 Å². The summed E-state index contributed by atoms with van der Waals surface area (Å²) in [5.74, 6) is 2.46. The minimum Gasteiger partial charge on any atom is -0.338 e. The van der Waals surface area contributed by atoms with E-state index < -0.39 is 0 Å². The maximum absolute atomic E-state index is 11.8. The molecule has 1 N–H and O–H groups in total. The lowest BCUT2D eigenvalue weighted by Crippen LogP contribution is -2.41. The summed E-state index contributed by atoms with van der Waals surface area (Å²) in [7, 11) is 1.86. The van der Waals surface area contributed by atoms with Crippen molar-refractivity contribution in [2.45, 2.75) is 32.4 Å². The smallest absolute Gasteiger partial charge is 0.240 e. The fraction of sp³-hybridized carbons (Fsp3) is 0.900. The lowest BCUT2D eigenvalue weighted by atomic mass is 10.2. The molecule has 2 unspecified atom stereocenters. The zero-order valence-corrected chi connectivity index (χ0v) is 10.1. The highest BCUT2D eigenvalue weighted by atomic mass is 32.2. The van der Waals surface area contributed by atoms with Gasteiger partial charge in [0.25, 0.3) is 0 Å². The molecule has 4 heteroatoms. The Morgan fingerprint density at radius 1 is 1.71 bits per heavy atom. The molecule has 1 rings (SSSR count). The summed E-state index contributed by atoms with van der Waals surface area (Å²) in [6, 6.07) is 0.440. The van der Waals surface area contributed by atoms with E-state index in [4.69, 9.17) is 0 Å². The Hall–Kier alpha value is -0.220. The quantitative estimate of drug-likeness (QED) is 0.742. The number of carbonyl (C=O) groups excluding carboxylic acids is 1. The number of rotatable bonds is 5. The van der Waals surface area contributed by atoms with E-state index in [1.165, 1.54) is 0 Å². The van der Waals surface area contributed by atoms with Crippen molar-refractivity contribution in [1.29, 1.82) is 0 Å². The average Bonchev–Trinajstić information content (AvgIpc) is 2.56. The molecule has 82 valence electrons. The molecule has 1 amide bonds. The van der Waals surface area contributed by atoms with Crippen LogP contribution in [0.2, 0.25) is 0 Å². The zero-order chi connectivity index (χ0) is 10.6. The van der Waals surface area contributed by atoms with Crippen LogP contribution in [-0.2, 0) is 4.79 Å². The molecule has 1 saturated heterocycles. The summed E-state index contributed by atoms with van der Waals surface area (Å²) < 4.78 is 0. The molecule has 0 aliphatic carbocycles. The number of likely N-dealkylation sites (tertiary alicyclic amines) is 1. The molecule has 1 aliphatic heterocycles. The third-order valence-corrected chi connectivity index (χ3v) is 3.81. The van der Waals surface area contributed by atoms with Gasteiger partial charge in [0.1, 0.15) is 0 Å². The van der Waals surface area contributed by atoms with Gasteiger partial charge in [-0.25, -0.2) is 0 Å². The number of nitrogens with zero attached hydrogens (tertiary/aromatic N) is 1. The van der Waals surface area contributed by atoms with Gasteiger partial charge in [-0.15, -0.1) is 0 Å². The molecule has 0 radical (unpaired) electrons. The van der Waals surface area contributed by atoms with Crippen LogP contribution in [0.1, 0.15) is 20.3 Å². The number of amides is 1. The van der Waals surface area contributed by atoms with Crippen LogP contribution in [0.4, 0.5) is 0 Å². The van der Waals surface area contributed by atoms with Crippen molar-refractivity contribution in [2.24, 2.45) is 0 Å². The van der Waals surface area contributed by atoms with Crippen molar-refractivity contribution < 1.29 is 4.79 Å². The van der Waals surface area contributed by atoms with E-state index in [2.05, 4.69) is 19.2 Å². The largest absolute Gasteiger partial charge is 0.338 e.